The van der Waals surface area contributed by atoms with Crippen molar-refractivity contribution in [2.45, 2.75) is 6.42 Å². The van der Waals surface area contributed by atoms with Gasteiger partial charge in [-0.05, 0) is 40.8 Å². The summed E-state index contributed by atoms with van der Waals surface area (Å²) in [6.07, 6.45) is 1.10. The molecular formula is C21H22N2. The standard InChI is InChI=1S/C13H10.C8H12N2/c1-3-7-12-10(5-1)9-11-6-2-4-8-13(11)12;9-6-7-10-8-4-2-1-3-5-8/h1-8H,9H2;1-5,10H,6-7,9H2. The third-order valence-electron chi connectivity index (χ3n) is 3.95. The fourth-order valence-corrected chi connectivity index (χ4v) is 2.85. The molecule has 0 radical (unpaired) electrons. The molecule has 3 aromatic carbocycles. The third kappa shape index (κ3) is 3.79. The van der Waals surface area contributed by atoms with E-state index in [2.05, 4.69) is 53.8 Å². The average Bonchev–Trinajstić information content (AvgIpc) is 3.00. The Labute approximate surface area is 138 Å². The molecule has 0 amide bonds. The molecule has 23 heavy (non-hydrogen) atoms. The zero-order valence-corrected chi connectivity index (χ0v) is 13.2. The highest BCUT2D eigenvalue weighted by atomic mass is 14.9. The van der Waals surface area contributed by atoms with Crippen LogP contribution in [0.4, 0.5) is 5.69 Å². The van der Waals surface area contributed by atoms with Crippen LogP contribution in [0.15, 0.2) is 78.9 Å². The number of nitrogens with two attached hydrogens (primary N) is 1. The van der Waals surface area contributed by atoms with Crippen LogP contribution in [0, 0.1) is 0 Å². The molecule has 0 saturated heterocycles. The quantitative estimate of drug-likeness (QED) is 0.591. The summed E-state index contributed by atoms with van der Waals surface area (Å²) in [6, 6.07) is 27.3. The Hall–Kier alpha value is -2.58. The predicted octanol–water partition coefficient (Wildman–Crippen LogP) is 4.32. The topological polar surface area (TPSA) is 38.0 Å². The summed E-state index contributed by atoms with van der Waals surface area (Å²) in [7, 11) is 0. The largest absolute Gasteiger partial charge is 0.384 e. The molecule has 0 unspecified atom stereocenters. The molecule has 0 heterocycles. The smallest absolute Gasteiger partial charge is 0.0340 e. The summed E-state index contributed by atoms with van der Waals surface area (Å²) in [6.45, 7) is 1.51. The molecule has 0 spiro atoms. The first-order chi connectivity index (χ1) is 11.4. The van der Waals surface area contributed by atoms with Gasteiger partial charge in [0.2, 0.25) is 0 Å². The Morgan fingerprint density at radius 1 is 0.696 bits per heavy atom. The van der Waals surface area contributed by atoms with E-state index in [-0.39, 0.29) is 0 Å². The zero-order chi connectivity index (χ0) is 15.9. The van der Waals surface area contributed by atoms with Gasteiger partial charge in [-0.15, -0.1) is 0 Å². The molecule has 0 bridgehead atoms. The first kappa shape index (κ1) is 15.3. The van der Waals surface area contributed by atoms with E-state index in [0.717, 1.165) is 18.7 Å². The van der Waals surface area contributed by atoms with E-state index in [1.807, 2.05) is 30.3 Å². The molecular weight excluding hydrogens is 280 g/mol. The van der Waals surface area contributed by atoms with Gasteiger partial charge in [0.25, 0.3) is 0 Å². The van der Waals surface area contributed by atoms with Crippen molar-refractivity contribution in [2.24, 2.45) is 5.73 Å². The minimum absolute atomic E-state index is 0.675. The lowest BCUT2D eigenvalue weighted by molar-refractivity contribution is 1.02. The van der Waals surface area contributed by atoms with Crippen molar-refractivity contribution < 1.29 is 0 Å². The molecule has 0 atom stereocenters. The van der Waals surface area contributed by atoms with E-state index in [1.54, 1.807) is 0 Å². The first-order valence-electron chi connectivity index (χ1n) is 8.03. The number of para-hydroxylation sites is 1. The first-order valence-corrected chi connectivity index (χ1v) is 8.03. The van der Waals surface area contributed by atoms with Crippen LogP contribution in [0.5, 0.6) is 0 Å². The molecule has 0 saturated carbocycles. The van der Waals surface area contributed by atoms with Gasteiger partial charge in [0, 0.05) is 18.8 Å². The Balaban J connectivity index is 0.000000142. The number of nitrogens with one attached hydrogen (secondary N) is 1. The minimum atomic E-state index is 0.675. The van der Waals surface area contributed by atoms with E-state index >= 15 is 0 Å². The van der Waals surface area contributed by atoms with Crippen LogP contribution < -0.4 is 11.1 Å². The molecule has 2 heteroatoms. The maximum Gasteiger partial charge on any atom is 0.0340 e. The highest BCUT2D eigenvalue weighted by Crippen LogP contribution is 2.35. The van der Waals surface area contributed by atoms with Gasteiger partial charge in [-0.3, -0.25) is 0 Å². The molecule has 0 fully saturated rings. The number of hydrogen-bond acceptors (Lipinski definition) is 2. The Bertz CT molecular complexity index is 707. The van der Waals surface area contributed by atoms with Crippen molar-refractivity contribution in [3.8, 4) is 11.1 Å². The Morgan fingerprint density at radius 3 is 1.78 bits per heavy atom. The maximum absolute atomic E-state index is 5.31. The van der Waals surface area contributed by atoms with Gasteiger partial charge in [0.05, 0.1) is 0 Å². The molecule has 3 aromatic rings. The second-order valence-electron chi connectivity index (χ2n) is 5.57. The Morgan fingerprint density at radius 2 is 1.22 bits per heavy atom. The van der Waals surface area contributed by atoms with Gasteiger partial charge in [-0.25, -0.2) is 0 Å². The van der Waals surface area contributed by atoms with Gasteiger partial charge < -0.3 is 11.1 Å². The van der Waals surface area contributed by atoms with Gasteiger partial charge in [-0.1, -0.05) is 66.7 Å². The second-order valence-corrected chi connectivity index (χ2v) is 5.57. The van der Waals surface area contributed by atoms with Crippen molar-refractivity contribution in [2.75, 3.05) is 18.4 Å². The lowest BCUT2D eigenvalue weighted by atomic mass is 10.1. The lowest BCUT2D eigenvalue weighted by Crippen LogP contribution is -2.12. The number of anilines is 1. The van der Waals surface area contributed by atoms with E-state index in [0.29, 0.717) is 6.54 Å². The summed E-state index contributed by atoms with van der Waals surface area (Å²) in [5, 5.41) is 3.17. The van der Waals surface area contributed by atoms with Crippen molar-refractivity contribution in [3.05, 3.63) is 90.0 Å². The summed E-state index contributed by atoms with van der Waals surface area (Å²) in [5.41, 5.74) is 12.2. The van der Waals surface area contributed by atoms with Gasteiger partial charge >= 0.3 is 0 Å². The molecule has 1 aliphatic carbocycles. The second kappa shape index (κ2) is 7.61. The predicted molar refractivity (Wildman–Crippen MR) is 98.7 cm³/mol. The van der Waals surface area contributed by atoms with Crippen molar-refractivity contribution >= 4 is 5.69 Å². The van der Waals surface area contributed by atoms with Gasteiger partial charge in [0.1, 0.15) is 0 Å². The summed E-state index contributed by atoms with van der Waals surface area (Å²) < 4.78 is 0. The van der Waals surface area contributed by atoms with Crippen molar-refractivity contribution in [1.29, 1.82) is 0 Å². The van der Waals surface area contributed by atoms with Crippen molar-refractivity contribution in [1.82, 2.24) is 0 Å². The summed E-state index contributed by atoms with van der Waals surface area (Å²) in [4.78, 5) is 0. The normalized spacial score (nSPS) is 11.0. The van der Waals surface area contributed by atoms with Crippen molar-refractivity contribution in [3.63, 3.8) is 0 Å². The fourth-order valence-electron chi connectivity index (χ4n) is 2.85. The maximum atomic E-state index is 5.31. The fraction of sp³-hybridized carbons (Fsp3) is 0.143. The number of benzene rings is 3. The van der Waals surface area contributed by atoms with Crippen LogP contribution in [0.2, 0.25) is 0 Å². The SMILES string of the molecule is NCCNc1ccccc1.c1ccc2c(c1)Cc1ccccc1-2. The molecule has 2 nitrogen and oxygen atoms in total. The molecule has 3 N–H and O–H groups in total. The monoisotopic (exact) mass is 302 g/mol. The third-order valence-corrected chi connectivity index (χ3v) is 3.95. The van der Waals surface area contributed by atoms with E-state index in [9.17, 15) is 0 Å². The van der Waals surface area contributed by atoms with E-state index in [1.165, 1.54) is 22.3 Å². The minimum Gasteiger partial charge on any atom is -0.384 e. The lowest BCUT2D eigenvalue weighted by Gasteiger charge is -2.01. The number of fused-ring (bicyclic) bond motifs is 3. The van der Waals surface area contributed by atoms with Crippen LogP contribution in [0.1, 0.15) is 11.1 Å². The van der Waals surface area contributed by atoms with Gasteiger partial charge in [-0.2, -0.15) is 0 Å². The summed E-state index contributed by atoms with van der Waals surface area (Å²) in [5.74, 6) is 0. The molecule has 1 aliphatic rings. The van der Waals surface area contributed by atoms with Crippen LogP contribution in [-0.2, 0) is 6.42 Å². The molecule has 116 valence electrons. The van der Waals surface area contributed by atoms with E-state index < -0.39 is 0 Å². The average molecular weight is 302 g/mol. The van der Waals surface area contributed by atoms with Crippen LogP contribution >= 0.6 is 0 Å². The molecule has 0 aromatic heterocycles. The highest BCUT2D eigenvalue weighted by molar-refractivity contribution is 5.76. The Kier molecular flexibility index (Phi) is 5.07. The molecule has 0 aliphatic heterocycles. The van der Waals surface area contributed by atoms with Crippen LogP contribution in [-0.4, -0.2) is 13.1 Å². The number of rotatable bonds is 3. The summed E-state index contributed by atoms with van der Waals surface area (Å²) >= 11 is 0. The van der Waals surface area contributed by atoms with Crippen LogP contribution in [0.3, 0.4) is 0 Å². The van der Waals surface area contributed by atoms with E-state index in [4.69, 9.17) is 5.73 Å². The number of hydrogen-bond donors (Lipinski definition) is 2. The zero-order valence-electron chi connectivity index (χ0n) is 13.2. The highest BCUT2D eigenvalue weighted by Gasteiger charge is 2.15. The van der Waals surface area contributed by atoms with Crippen LogP contribution in [0.25, 0.3) is 11.1 Å². The van der Waals surface area contributed by atoms with Gasteiger partial charge in [0.15, 0.2) is 0 Å². The molecule has 4 rings (SSSR count).